The topological polar surface area (TPSA) is 34.1 Å². The van der Waals surface area contributed by atoms with Crippen LogP contribution >= 0.6 is 0 Å². The van der Waals surface area contributed by atoms with Crippen LogP contribution in [0.25, 0.3) is 0 Å². The SMILES string of the molecule is CCC[C@@H]1CC[C@@]2(C)[C@@H](CC[C@H]3[C@@H]4CCC[C@@]4(C)CC[C@@H]32)C1.CC[C@@H]1CC[C@@]2(C)[C@@H](CC[C@H]3[C@@H]4CCC[C@@]4(C)CC[C@@H]32)C1.C[C@@H]1CC[C@@]2(C)[C@@H](CC[C@@H]3[C@@H]2CC[C@]2(C)C(=O)CC[C@@H]32)C1.C[C@@H]1CC[C@@]2(C)[C@@H](CC[C@H]3[C@@H]4CCC[C@@]4(C)CC[C@@H]32)C1.C[C@H]1CC[C@@]2(C)[C@@H](CC[C@@H]3[C@@H]2CC[C@]2(C)C(=O)CC[C@@H]32)C1. The van der Waals surface area contributed by atoms with Crippen LogP contribution in [0.4, 0.5) is 0 Å². The molecule has 20 rings (SSSR count). The van der Waals surface area contributed by atoms with E-state index < -0.39 is 0 Å². The Bertz CT molecular complexity index is 2940. The molecule has 20 fully saturated rings. The van der Waals surface area contributed by atoms with Crippen LogP contribution < -0.4 is 0 Å². The van der Waals surface area contributed by atoms with Gasteiger partial charge in [0, 0.05) is 23.7 Å². The van der Waals surface area contributed by atoms with Gasteiger partial charge in [-0.3, -0.25) is 9.59 Å². The molecular formula is C103H172O2. The van der Waals surface area contributed by atoms with Crippen molar-refractivity contribution in [1.82, 2.24) is 0 Å². The maximum Gasteiger partial charge on any atom is 0.139 e. The van der Waals surface area contributed by atoms with E-state index in [1.807, 2.05) is 0 Å². The minimum absolute atomic E-state index is 0.0618. The Labute approximate surface area is 650 Å². The highest BCUT2D eigenvalue weighted by molar-refractivity contribution is 5.87. The van der Waals surface area contributed by atoms with Crippen LogP contribution in [-0.2, 0) is 9.59 Å². The van der Waals surface area contributed by atoms with Crippen molar-refractivity contribution in [2.75, 3.05) is 0 Å². The molecule has 0 bridgehead atoms. The van der Waals surface area contributed by atoms with Gasteiger partial charge in [0.2, 0.25) is 0 Å². The fraction of sp³-hybridized carbons (Fsp3) is 0.981. The summed E-state index contributed by atoms with van der Waals surface area (Å²) in [5.41, 5.74) is 5.71. The van der Waals surface area contributed by atoms with E-state index in [1.165, 1.54) is 161 Å². The molecule has 2 nitrogen and oxygen atoms in total. The summed E-state index contributed by atoms with van der Waals surface area (Å²) >= 11 is 0. The van der Waals surface area contributed by atoms with E-state index in [1.54, 1.807) is 154 Å². The first kappa shape index (κ1) is 78.2. The van der Waals surface area contributed by atoms with Gasteiger partial charge in [-0.1, -0.05) is 162 Å². The van der Waals surface area contributed by atoms with Crippen molar-refractivity contribution in [3.8, 4) is 0 Å². The molecule has 0 amide bonds. The van der Waals surface area contributed by atoms with Crippen molar-refractivity contribution in [3.05, 3.63) is 0 Å². The summed E-state index contributed by atoms with van der Waals surface area (Å²) in [7, 11) is 0. The Hall–Kier alpha value is -0.660. The zero-order valence-corrected chi connectivity index (χ0v) is 72.3. The molecule has 0 spiro atoms. The molecule has 0 aliphatic heterocycles. The maximum absolute atomic E-state index is 12.4. The summed E-state index contributed by atoms with van der Waals surface area (Å²) in [6.07, 6.45) is 74.7. The van der Waals surface area contributed by atoms with Crippen LogP contribution in [-0.4, -0.2) is 11.6 Å². The Balaban J connectivity index is 0.000000101. The van der Waals surface area contributed by atoms with Crippen LogP contribution in [0.1, 0.15) is 431 Å². The number of hydrogen-bond donors (Lipinski definition) is 0. The highest BCUT2D eigenvalue weighted by Gasteiger charge is 2.65. The standard InChI is InChI=1S/C22H38.C21H36.2C20H32O.C20H34/c1-4-6-16-10-14-22(3)17(15-16)8-9-18-19-7-5-12-21(19,2)13-11-20(18)22;1-4-15-9-13-21(3)16(14-15)7-8-17-18-6-5-11-20(18,2)12-10-19(17)21;2*1-13-8-10-19(2)14(12-13)4-5-15-16-6-7-18(21)20(16,3)11-9-17(15)19;1-14-8-12-20(3)15(13-14)6-7-16-17-5-4-10-19(17,2)11-9-18(16)20/h16-20H,4-15H2,1-3H3;15-19H,4-14H2,1-3H3;2*13-17H,4-12H2,1-3H3;14-18H,4-13H2,1-3H3/t16-,17+,18+,19+,20+,21+,22+;15-,16+,17+,18+,19+,20+,21+;13-,14+,15+,16+,17+,19+,20+;13-,14-,15-,16-,17-,19-,20-;14-,15+,16+,17+,18+,19+,20+/m11101/s1. The molecule has 0 radical (unpaired) electrons. The third-order valence-corrected chi connectivity index (χ3v) is 44.4. The summed E-state index contributed by atoms with van der Waals surface area (Å²) < 4.78 is 0. The molecule has 20 aliphatic rings. The summed E-state index contributed by atoms with van der Waals surface area (Å²) in [6, 6.07) is 0. The molecule has 20 aliphatic carbocycles. The molecule has 0 saturated heterocycles. The zero-order valence-electron chi connectivity index (χ0n) is 72.3. The molecule has 0 unspecified atom stereocenters. The number of carbonyl (C=O) groups is 2. The van der Waals surface area contributed by atoms with Gasteiger partial charge in [0.05, 0.1) is 0 Å². The van der Waals surface area contributed by atoms with Gasteiger partial charge >= 0.3 is 0 Å². The molecule has 0 aromatic rings. The molecule has 596 valence electrons. The lowest BCUT2D eigenvalue weighted by atomic mass is 9.44. The molecule has 105 heavy (non-hydrogen) atoms. The van der Waals surface area contributed by atoms with Crippen molar-refractivity contribution in [3.63, 3.8) is 0 Å². The van der Waals surface area contributed by atoms with Gasteiger partial charge in [0.15, 0.2) is 0 Å². The van der Waals surface area contributed by atoms with Crippen molar-refractivity contribution in [2.24, 2.45) is 202 Å². The first-order valence-corrected chi connectivity index (χ1v) is 49.1. The van der Waals surface area contributed by atoms with E-state index in [-0.39, 0.29) is 10.8 Å². The molecule has 0 aromatic heterocycles. The second-order valence-electron chi connectivity index (χ2n) is 48.5. The number of rotatable bonds is 3. The van der Waals surface area contributed by atoms with Gasteiger partial charge in [-0.25, -0.2) is 0 Å². The second-order valence-corrected chi connectivity index (χ2v) is 48.5. The summed E-state index contributed by atoms with van der Waals surface area (Å²) in [5.74, 6) is 26.3. The van der Waals surface area contributed by atoms with Gasteiger partial charge in [-0.05, 0) is 448 Å². The summed E-state index contributed by atoms with van der Waals surface area (Å²) in [6.45, 7) is 38.2. The van der Waals surface area contributed by atoms with Crippen molar-refractivity contribution >= 4 is 11.6 Å². The minimum Gasteiger partial charge on any atom is -0.299 e. The Kier molecular flexibility index (Phi) is 22.0. The van der Waals surface area contributed by atoms with E-state index in [2.05, 4.69) is 104 Å². The minimum atomic E-state index is 0.0618. The van der Waals surface area contributed by atoms with Gasteiger partial charge in [-0.2, -0.15) is 0 Å². The largest absolute Gasteiger partial charge is 0.299 e. The number of ketones is 2. The van der Waals surface area contributed by atoms with E-state index >= 15 is 0 Å². The lowest BCUT2D eigenvalue weighted by Gasteiger charge is -2.60. The quantitative estimate of drug-likeness (QED) is 0.282. The van der Waals surface area contributed by atoms with E-state index in [9.17, 15) is 9.59 Å². The van der Waals surface area contributed by atoms with Gasteiger partial charge in [-0.15, -0.1) is 0 Å². The van der Waals surface area contributed by atoms with E-state index in [0.717, 1.165) is 193 Å². The molecule has 0 heterocycles. The normalized spacial score (nSPS) is 56.5. The fourth-order valence-electron chi connectivity index (χ4n) is 37.7. The van der Waals surface area contributed by atoms with Gasteiger partial charge < -0.3 is 0 Å². The second kappa shape index (κ2) is 29.6. The highest BCUT2D eigenvalue weighted by atomic mass is 16.1. The van der Waals surface area contributed by atoms with E-state index in [0.29, 0.717) is 22.4 Å². The van der Waals surface area contributed by atoms with Gasteiger partial charge in [0.25, 0.3) is 0 Å². The maximum atomic E-state index is 12.4. The van der Waals surface area contributed by atoms with Crippen LogP contribution in [0.2, 0.25) is 0 Å². The number of Topliss-reactive ketones (excluding diaryl/α,β-unsaturated/α-hetero) is 2. The average Bonchev–Trinajstić information content (AvgIpc) is 1.74. The van der Waals surface area contributed by atoms with Crippen molar-refractivity contribution < 1.29 is 9.59 Å². The molecule has 20 saturated carbocycles. The Morgan fingerprint density at radius 3 is 0.876 bits per heavy atom. The fourth-order valence-corrected chi connectivity index (χ4v) is 37.7. The Morgan fingerprint density at radius 1 is 0.267 bits per heavy atom. The Morgan fingerprint density at radius 2 is 0.552 bits per heavy atom. The van der Waals surface area contributed by atoms with E-state index in [4.69, 9.17) is 0 Å². The lowest BCUT2D eigenvalue weighted by Crippen LogP contribution is -2.53. The highest BCUT2D eigenvalue weighted by Crippen LogP contribution is 2.73. The van der Waals surface area contributed by atoms with Crippen molar-refractivity contribution in [1.29, 1.82) is 0 Å². The molecule has 0 aromatic carbocycles. The molecule has 35 atom stereocenters. The third kappa shape index (κ3) is 13.3. The summed E-state index contributed by atoms with van der Waals surface area (Å²) in [5, 5.41) is 0. The third-order valence-electron chi connectivity index (χ3n) is 44.4. The zero-order chi connectivity index (χ0) is 73.7. The van der Waals surface area contributed by atoms with Crippen LogP contribution in [0.3, 0.4) is 0 Å². The average molecular weight is 1440 g/mol. The molecule has 2 heteroatoms. The monoisotopic (exact) mass is 1440 g/mol. The molecular weight excluding hydrogens is 1270 g/mol. The van der Waals surface area contributed by atoms with Crippen LogP contribution in [0.15, 0.2) is 0 Å². The number of hydrogen-bond acceptors (Lipinski definition) is 2. The summed E-state index contributed by atoms with van der Waals surface area (Å²) in [4.78, 5) is 24.8. The first-order chi connectivity index (χ1) is 50.1. The van der Waals surface area contributed by atoms with Gasteiger partial charge in [0.1, 0.15) is 11.6 Å². The van der Waals surface area contributed by atoms with Crippen LogP contribution in [0, 0.1) is 202 Å². The number of carbonyl (C=O) groups excluding carboxylic acids is 2. The van der Waals surface area contributed by atoms with Crippen molar-refractivity contribution in [2.45, 2.75) is 431 Å². The predicted octanol–water partition coefficient (Wildman–Crippen LogP) is 29.8. The van der Waals surface area contributed by atoms with Crippen LogP contribution in [0.5, 0.6) is 0 Å². The molecule has 0 N–H and O–H groups in total. The smallest absolute Gasteiger partial charge is 0.139 e. The first-order valence-electron chi connectivity index (χ1n) is 49.1. The lowest BCUT2D eigenvalue weighted by molar-refractivity contribution is -0.140. The number of fused-ring (bicyclic) bond motifs is 25. The predicted molar refractivity (Wildman–Crippen MR) is 442 cm³/mol.